The van der Waals surface area contributed by atoms with Gasteiger partial charge >= 0.3 is 5.97 Å². The molecule has 0 aliphatic rings. The van der Waals surface area contributed by atoms with E-state index in [0.717, 1.165) is 18.2 Å². The largest absolute Gasteiger partial charge is 0.478 e. The van der Waals surface area contributed by atoms with Crippen molar-refractivity contribution < 1.29 is 23.5 Å². The molecule has 1 rings (SSSR count). The van der Waals surface area contributed by atoms with Gasteiger partial charge in [0.25, 0.3) is 0 Å². The summed E-state index contributed by atoms with van der Waals surface area (Å²) in [5.41, 5.74) is -0.105. The van der Waals surface area contributed by atoms with E-state index in [-0.39, 0.29) is 5.56 Å². The Hall–Kier alpha value is -2.04. The van der Waals surface area contributed by atoms with Crippen LogP contribution in [0.5, 0.6) is 0 Å². The van der Waals surface area contributed by atoms with E-state index in [1.165, 1.54) is 0 Å². The number of aliphatic carboxylic acids is 1. The third-order valence-corrected chi connectivity index (χ3v) is 1.58. The van der Waals surface area contributed by atoms with E-state index >= 15 is 0 Å². The number of carbonyl (C=O) groups excluding carboxylic acids is 1. The first kappa shape index (κ1) is 11.0. The van der Waals surface area contributed by atoms with Crippen LogP contribution in [0.4, 0.5) is 8.78 Å². The van der Waals surface area contributed by atoms with Gasteiger partial charge in [-0.05, 0) is 24.3 Å². The van der Waals surface area contributed by atoms with Crippen molar-refractivity contribution in [3.8, 4) is 0 Å². The standard InChI is InChI=1S/C10H6F2O3/c11-7-2-1-6(5-8(7)12)9(13)3-4-10(14)15/h1-5H,(H,14,15)/b4-3+. The number of allylic oxidation sites excluding steroid dienone is 1. The predicted molar refractivity (Wildman–Crippen MR) is 47.5 cm³/mol. The molecule has 0 saturated heterocycles. The minimum atomic E-state index is -1.29. The zero-order chi connectivity index (χ0) is 11.4. The Kier molecular flexibility index (Phi) is 3.28. The normalized spacial score (nSPS) is 10.5. The van der Waals surface area contributed by atoms with Crippen molar-refractivity contribution in [2.24, 2.45) is 0 Å². The maximum Gasteiger partial charge on any atom is 0.328 e. The molecule has 0 bridgehead atoms. The Morgan fingerprint density at radius 1 is 1.13 bits per heavy atom. The fourth-order valence-corrected chi connectivity index (χ4v) is 0.893. The summed E-state index contributed by atoms with van der Waals surface area (Å²) in [6.07, 6.45) is 1.40. The highest BCUT2D eigenvalue weighted by molar-refractivity contribution is 6.06. The Labute approximate surface area is 83.6 Å². The molecule has 0 aliphatic carbocycles. The molecule has 5 heteroatoms. The predicted octanol–water partition coefficient (Wildman–Crippen LogP) is 1.79. The van der Waals surface area contributed by atoms with Gasteiger partial charge in [0, 0.05) is 11.6 Å². The lowest BCUT2D eigenvalue weighted by atomic mass is 10.1. The molecule has 15 heavy (non-hydrogen) atoms. The molecule has 0 amide bonds. The van der Waals surface area contributed by atoms with Crippen LogP contribution in [-0.2, 0) is 4.79 Å². The fourth-order valence-electron chi connectivity index (χ4n) is 0.893. The van der Waals surface area contributed by atoms with Crippen molar-refractivity contribution in [1.82, 2.24) is 0 Å². The van der Waals surface area contributed by atoms with Crippen molar-refractivity contribution in [3.63, 3.8) is 0 Å². The Morgan fingerprint density at radius 2 is 1.80 bits per heavy atom. The van der Waals surface area contributed by atoms with Crippen molar-refractivity contribution >= 4 is 11.8 Å². The monoisotopic (exact) mass is 212 g/mol. The fraction of sp³-hybridized carbons (Fsp3) is 0. The zero-order valence-electron chi connectivity index (χ0n) is 7.41. The van der Waals surface area contributed by atoms with E-state index in [0.29, 0.717) is 12.1 Å². The Bertz CT molecular complexity index is 438. The molecule has 1 aromatic carbocycles. The first-order valence-corrected chi connectivity index (χ1v) is 3.91. The van der Waals surface area contributed by atoms with Gasteiger partial charge in [-0.15, -0.1) is 0 Å². The van der Waals surface area contributed by atoms with Gasteiger partial charge in [0.05, 0.1) is 0 Å². The second kappa shape index (κ2) is 4.45. The molecule has 3 nitrogen and oxygen atoms in total. The Morgan fingerprint density at radius 3 is 2.33 bits per heavy atom. The smallest absolute Gasteiger partial charge is 0.328 e. The molecule has 1 N–H and O–H groups in total. The summed E-state index contributed by atoms with van der Waals surface area (Å²) in [6, 6.07) is 2.59. The number of rotatable bonds is 3. The molecule has 0 aliphatic heterocycles. The first-order chi connectivity index (χ1) is 7.00. The summed E-state index contributed by atoms with van der Waals surface area (Å²) >= 11 is 0. The SMILES string of the molecule is O=C(O)/C=C/C(=O)c1ccc(F)c(F)c1. The molecule has 78 valence electrons. The van der Waals surface area contributed by atoms with Crippen molar-refractivity contribution in [2.45, 2.75) is 0 Å². The minimum Gasteiger partial charge on any atom is -0.478 e. The van der Waals surface area contributed by atoms with Crippen molar-refractivity contribution in [3.05, 3.63) is 47.5 Å². The number of halogens is 2. The summed E-state index contributed by atoms with van der Waals surface area (Å²) in [5.74, 6) is -4.19. The molecule has 0 heterocycles. The molecule has 0 atom stereocenters. The molecule has 0 fully saturated rings. The number of carbonyl (C=O) groups is 2. The highest BCUT2D eigenvalue weighted by Gasteiger charge is 2.07. The van der Waals surface area contributed by atoms with Crippen LogP contribution in [0.15, 0.2) is 30.4 Å². The van der Waals surface area contributed by atoms with E-state index in [2.05, 4.69) is 0 Å². The Balaban J connectivity index is 2.92. The van der Waals surface area contributed by atoms with E-state index < -0.39 is 23.4 Å². The van der Waals surface area contributed by atoms with Crippen LogP contribution >= 0.6 is 0 Å². The number of carboxylic acid groups (broad SMARTS) is 1. The molecular formula is C10H6F2O3. The number of carboxylic acids is 1. The molecular weight excluding hydrogens is 206 g/mol. The van der Waals surface area contributed by atoms with Gasteiger partial charge in [-0.2, -0.15) is 0 Å². The number of ketones is 1. The van der Waals surface area contributed by atoms with Crippen molar-refractivity contribution in [1.29, 1.82) is 0 Å². The van der Waals surface area contributed by atoms with E-state index in [9.17, 15) is 18.4 Å². The molecule has 0 saturated carbocycles. The number of hydrogen-bond donors (Lipinski definition) is 1. The molecule has 0 aromatic heterocycles. The van der Waals surface area contributed by atoms with Crippen LogP contribution in [0, 0.1) is 11.6 Å². The number of benzene rings is 1. The minimum absolute atomic E-state index is 0.105. The highest BCUT2D eigenvalue weighted by Crippen LogP contribution is 2.09. The molecule has 0 unspecified atom stereocenters. The quantitative estimate of drug-likeness (QED) is 0.613. The van der Waals surface area contributed by atoms with Crippen LogP contribution in [-0.4, -0.2) is 16.9 Å². The van der Waals surface area contributed by atoms with Crippen LogP contribution in [0.3, 0.4) is 0 Å². The maximum atomic E-state index is 12.7. The summed E-state index contributed by atoms with van der Waals surface area (Å²) < 4.78 is 25.1. The van der Waals surface area contributed by atoms with Gasteiger partial charge in [0.2, 0.25) is 0 Å². The van der Waals surface area contributed by atoms with Gasteiger partial charge in [0.15, 0.2) is 17.4 Å². The lowest BCUT2D eigenvalue weighted by Crippen LogP contribution is -1.98. The second-order valence-electron chi connectivity index (χ2n) is 2.66. The lowest BCUT2D eigenvalue weighted by molar-refractivity contribution is -0.131. The third kappa shape index (κ3) is 2.98. The average Bonchev–Trinajstić information content (AvgIpc) is 2.18. The van der Waals surface area contributed by atoms with Crippen LogP contribution in [0.25, 0.3) is 0 Å². The number of hydrogen-bond acceptors (Lipinski definition) is 2. The maximum absolute atomic E-state index is 12.7. The van der Waals surface area contributed by atoms with Crippen LogP contribution in [0.1, 0.15) is 10.4 Å². The van der Waals surface area contributed by atoms with Gasteiger partial charge in [-0.25, -0.2) is 13.6 Å². The molecule has 1 aromatic rings. The van der Waals surface area contributed by atoms with Crippen LogP contribution in [0.2, 0.25) is 0 Å². The van der Waals surface area contributed by atoms with Crippen molar-refractivity contribution in [2.75, 3.05) is 0 Å². The average molecular weight is 212 g/mol. The summed E-state index contributed by atoms with van der Waals surface area (Å²) in [4.78, 5) is 21.3. The lowest BCUT2D eigenvalue weighted by Gasteiger charge is -1.96. The molecule has 0 radical (unpaired) electrons. The summed E-state index contributed by atoms with van der Waals surface area (Å²) in [7, 11) is 0. The van der Waals surface area contributed by atoms with Gasteiger partial charge in [-0.1, -0.05) is 0 Å². The third-order valence-electron chi connectivity index (χ3n) is 1.58. The first-order valence-electron chi connectivity index (χ1n) is 3.91. The summed E-state index contributed by atoms with van der Waals surface area (Å²) in [6.45, 7) is 0. The van der Waals surface area contributed by atoms with Gasteiger partial charge < -0.3 is 5.11 Å². The van der Waals surface area contributed by atoms with E-state index in [1.54, 1.807) is 0 Å². The molecule has 0 spiro atoms. The zero-order valence-corrected chi connectivity index (χ0v) is 7.41. The summed E-state index contributed by atoms with van der Waals surface area (Å²) in [5, 5.41) is 8.23. The van der Waals surface area contributed by atoms with E-state index in [4.69, 9.17) is 5.11 Å². The van der Waals surface area contributed by atoms with Gasteiger partial charge in [-0.3, -0.25) is 4.79 Å². The topological polar surface area (TPSA) is 54.4 Å². The van der Waals surface area contributed by atoms with Gasteiger partial charge in [0.1, 0.15) is 0 Å². The van der Waals surface area contributed by atoms with Crippen LogP contribution < -0.4 is 0 Å². The second-order valence-corrected chi connectivity index (χ2v) is 2.66. The highest BCUT2D eigenvalue weighted by atomic mass is 19.2. The van der Waals surface area contributed by atoms with E-state index in [1.807, 2.05) is 0 Å².